The van der Waals surface area contributed by atoms with Crippen molar-refractivity contribution in [3.8, 4) is 0 Å². The molecule has 0 aliphatic carbocycles. The molecule has 0 aromatic carbocycles. The maximum absolute atomic E-state index is 10.0. The fourth-order valence-corrected chi connectivity index (χ4v) is 5.27. The lowest BCUT2D eigenvalue weighted by Gasteiger charge is -2.45. The van der Waals surface area contributed by atoms with Crippen molar-refractivity contribution in [3.05, 3.63) is 0 Å². The van der Waals surface area contributed by atoms with Gasteiger partial charge in [-0.1, -0.05) is 76.2 Å². The molecule has 2 heterocycles. The zero-order valence-corrected chi connectivity index (χ0v) is 30.4. The summed E-state index contributed by atoms with van der Waals surface area (Å²) in [7, 11) is 2.89. The smallest absolute Gasteiger partial charge is 0.186 e. The highest BCUT2D eigenvalue weighted by Crippen LogP contribution is 2.36. The molecule has 2 aliphatic rings. The number of aliphatic hydroxyl groups is 9. The number of ether oxygens (including phenoxy) is 4. The van der Waals surface area contributed by atoms with Gasteiger partial charge in [-0.25, -0.2) is 0 Å². The highest BCUT2D eigenvalue weighted by atomic mass is 16.7. The Morgan fingerprint density at radius 2 is 1.07 bits per heavy atom. The van der Waals surface area contributed by atoms with Gasteiger partial charge in [-0.2, -0.15) is 0 Å². The third-order valence-corrected chi connectivity index (χ3v) is 8.13. The molecular weight excluding hydrogens is 604 g/mol. The summed E-state index contributed by atoms with van der Waals surface area (Å²) in [6, 6.07) is 0. The molecule has 2 aliphatic heterocycles. The molecule has 13 heteroatoms. The van der Waals surface area contributed by atoms with Crippen molar-refractivity contribution in [3.63, 3.8) is 0 Å². The predicted molar refractivity (Wildman–Crippen MR) is 172 cm³/mol. The fraction of sp³-hybridized carbons (Fsp3) is 1.00. The van der Waals surface area contributed by atoms with Crippen molar-refractivity contribution in [2.24, 2.45) is 22.2 Å². The minimum absolute atomic E-state index is 0.0358. The van der Waals surface area contributed by atoms with Gasteiger partial charge in [0.05, 0.1) is 30.5 Å². The topological polar surface area (TPSA) is 219 Å². The van der Waals surface area contributed by atoms with E-state index in [9.17, 15) is 46.0 Å². The monoisotopic (exact) mass is 672 g/mol. The minimum atomic E-state index is -1.29. The highest BCUT2D eigenvalue weighted by molar-refractivity contribution is 4.93. The Bertz CT molecular complexity index is 815. The number of aliphatic hydroxyl groups excluding tert-OH is 9. The first-order valence-electron chi connectivity index (χ1n) is 16.2. The molecule has 278 valence electrons. The third kappa shape index (κ3) is 14.5. The van der Waals surface area contributed by atoms with Crippen LogP contribution in [0.3, 0.4) is 0 Å². The van der Waals surface area contributed by atoms with E-state index in [1.807, 2.05) is 69.2 Å². The molecule has 0 radical (unpaired) electrons. The van der Waals surface area contributed by atoms with Crippen LogP contribution in [0.25, 0.3) is 0 Å². The second kappa shape index (κ2) is 19.0. The van der Waals surface area contributed by atoms with E-state index < -0.39 is 73.6 Å². The van der Waals surface area contributed by atoms with Gasteiger partial charge in [-0.3, -0.25) is 0 Å². The molecule has 2 rings (SSSR count). The van der Waals surface area contributed by atoms with Gasteiger partial charge in [-0.15, -0.1) is 0 Å². The Kier molecular flexibility index (Phi) is 18.8. The molecular formula is C33H68O13. The maximum atomic E-state index is 10.0. The SMILES string of the molecule is CCC(O)C(O)C(O)C(O)CC(C)(C)C.COC1OC(C(C)(C)C)C(O)C(C)C1O.COC1OC(CC(C)(C)C)C(O)C(O)C1O. The molecule has 0 aromatic rings. The zero-order valence-electron chi connectivity index (χ0n) is 30.4. The first kappa shape index (κ1) is 45.5. The van der Waals surface area contributed by atoms with Crippen molar-refractivity contribution < 1.29 is 64.9 Å². The first-order chi connectivity index (χ1) is 20.7. The quantitative estimate of drug-likeness (QED) is 0.175. The summed E-state index contributed by atoms with van der Waals surface area (Å²) < 4.78 is 21.0. The average molecular weight is 673 g/mol. The summed E-state index contributed by atoms with van der Waals surface area (Å²) >= 11 is 0. The van der Waals surface area contributed by atoms with E-state index in [-0.39, 0.29) is 28.3 Å². The summed E-state index contributed by atoms with van der Waals surface area (Å²) in [5, 5.41) is 86.9. The maximum Gasteiger partial charge on any atom is 0.186 e. The van der Waals surface area contributed by atoms with E-state index in [2.05, 4.69) is 0 Å². The fourth-order valence-electron chi connectivity index (χ4n) is 5.27. The zero-order chi connectivity index (χ0) is 36.5. The lowest BCUT2D eigenvalue weighted by Crippen LogP contribution is -2.58. The van der Waals surface area contributed by atoms with E-state index in [1.165, 1.54) is 14.2 Å². The van der Waals surface area contributed by atoms with Crippen LogP contribution in [0, 0.1) is 22.2 Å². The predicted octanol–water partition coefficient (Wildman–Crippen LogP) is 0.915. The molecule has 46 heavy (non-hydrogen) atoms. The second-order valence-electron chi connectivity index (χ2n) is 16.2. The Hall–Kier alpha value is -0.520. The lowest BCUT2D eigenvalue weighted by atomic mass is 9.78. The van der Waals surface area contributed by atoms with Crippen LogP contribution in [0.1, 0.15) is 95.4 Å². The largest absolute Gasteiger partial charge is 0.390 e. The Labute approximate surface area is 276 Å². The Morgan fingerprint density at radius 3 is 1.46 bits per heavy atom. The summed E-state index contributed by atoms with van der Waals surface area (Å²) in [5.41, 5.74) is -0.339. The van der Waals surface area contributed by atoms with Gasteiger partial charge in [0.15, 0.2) is 12.6 Å². The molecule has 14 unspecified atom stereocenters. The number of hydrogen-bond acceptors (Lipinski definition) is 13. The normalized spacial score (nSPS) is 35.1. The first-order valence-corrected chi connectivity index (χ1v) is 16.2. The van der Waals surface area contributed by atoms with Crippen molar-refractivity contribution >= 4 is 0 Å². The number of methoxy groups -OCH3 is 2. The molecule has 0 amide bonds. The van der Waals surface area contributed by atoms with Gasteiger partial charge in [-0.05, 0) is 35.5 Å². The van der Waals surface area contributed by atoms with Crippen LogP contribution in [0.5, 0.6) is 0 Å². The molecule has 0 saturated carbocycles. The second-order valence-corrected chi connectivity index (χ2v) is 16.2. The lowest BCUT2D eigenvalue weighted by molar-refractivity contribution is -0.293. The van der Waals surface area contributed by atoms with Gasteiger partial charge < -0.3 is 64.9 Å². The summed E-state index contributed by atoms with van der Waals surface area (Å²) in [6.07, 6.45) is -10.6. The van der Waals surface area contributed by atoms with Crippen molar-refractivity contribution in [2.45, 2.75) is 175 Å². The van der Waals surface area contributed by atoms with Crippen LogP contribution in [-0.2, 0) is 18.9 Å². The van der Waals surface area contributed by atoms with Crippen LogP contribution >= 0.6 is 0 Å². The third-order valence-electron chi connectivity index (χ3n) is 8.13. The molecule has 0 aromatic heterocycles. The van der Waals surface area contributed by atoms with E-state index in [0.717, 1.165) is 0 Å². The molecule has 0 bridgehead atoms. The summed E-state index contributed by atoms with van der Waals surface area (Å²) in [5.74, 6) is -0.243. The van der Waals surface area contributed by atoms with Gasteiger partial charge in [0, 0.05) is 20.1 Å². The Balaban J connectivity index is 0.000000661. The van der Waals surface area contributed by atoms with Crippen LogP contribution < -0.4 is 0 Å². The van der Waals surface area contributed by atoms with Gasteiger partial charge in [0.2, 0.25) is 0 Å². The van der Waals surface area contributed by atoms with Gasteiger partial charge in [0.1, 0.15) is 36.6 Å². The van der Waals surface area contributed by atoms with E-state index >= 15 is 0 Å². The van der Waals surface area contributed by atoms with Gasteiger partial charge >= 0.3 is 0 Å². The Morgan fingerprint density at radius 1 is 0.609 bits per heavy atom. The van der Waals surface area contributed by atoms with Gasteiger partial charge in [0.25, 0.3) is 0 Å². The van der Waals surface area contributed by atoms with Crippen LogP contribution in [0.15, 0.2) is 0 Å². The molecule has 9 N–H and O–H groups in total. The molecule has 0 spiro atoms. The van der Waals surface area contributed by atoms with Crippen LogP contribution in [0.4, 0.5) is 0 Å². The van der Waals surface area contributed by atoms with Crippen LogP contribution in [-0.4, -0.2) is 140 Å². The number of hydrogen-bond donors (Lipinski definition) is 9. The summed E-state index contributed by atoms with van der Waals surface area (Å²) in [6.45, 7) is 21.4. The highest BCUT2D eigenvalue weighted by Gasteiger charge is 2.47. The molecule has 13 nitrogen and oxygen atoms in total. The van der Waals surface area contributed by atoms with E-state index in [4.69, 9.17) is 18.9 Å². The van der Waals surface area contributed by atoms with E-state index in [0.29, 0.717) is 19.3 Å². The van der Waals surface area contributed by atoms with Crippen molar-refractivity contribution in [2.75, 3.05) is 14.2 Å². The molecule has 2 saturated heterocycles. The number of rotatable bonds is 8. The summed E-state index contributed by atoms with van der Waals surface area (Å²) in [4.78, 5) is 0. The minimum Gasteiger partial charge on any atom is -0.390 e. The molecule has 14 atom stereocenters. The van der Waals surface area contributed by atoms with Crippen molar-refractivity contribution in [1.29, 1.82) is 0 Å². The standard InChI is InChI=1S/C11H22O5.C11H22O4.C11H24O4/c1-11(2,3)5-6-7(12)8(13)9(14)10(15-4)16-6;1-6-7(12)9(11(2,3)4)15-10(14-5)8(6)13;1-5-7(12)9(14)10(15)8(13)6-11(2,3)4/h6-10,12-14H,5H2,1-4H3;6-10,12-13H,1-5H3;7-10,12-15H,5-6H2,1-4H3. The average Bonchev–Trinajstić information content (AvgIpc) is 2.93. The van der Waals surface area contributed by atoms with E-state index in [1.54, 1.807) is 6.92 Å². The molecule has 2 fully saturated rings. The van der Waals surface area contributed by atoms with Crippen molar-refractivity contribution in [1.82, 2.24) is 0 Å². The van der Waals surface area contributed by atoms with Crippen LogP contribution in [0.2, 0.25) is 0 Å².